The molecule has 8 heteroatoms. The predicted molar refractivity (Wildman–Crippen MR) is 163 cm³/mol. The van der Waals surface area contributed by atoms with Gasteiger partial charge in [0.05, 0.1) is 6.61 Å². The number of H-pyrrole nitrogens is 1. The third-order valence-electron chi connectivity index (χ3n) is 8.05. The van der Waals surface area contributed by atoms with Crippen LogP contribution in [0.25, 0.3) is 22.5 Å². The topological polar surface area (TPSA) is 91.7 Å². The van der Waals surface area contributed by atoms with E-state index in [1.807, 2.05) is 47.4 Å². The second-order valence-electron chi connectivity index (χ2n) is 11.3. The van der Waals surface area contributed by atoms with Crippen LogP contribution >= 0.6 is 0 Å². The van der Waals surface area contributed by atoms with Crippen LogP contribution in [-0.2, 0) is 17.8 Å². The number of fused-ring (bicyclic) bond motifs is 1. The van der Waals surface area contributed by atoms with E-state index < -0.39 is 5.76 Å². The number of aromatic amines is 1. The summed E-state index contributed by atoms with van der Waals surface area (Å²) >= 11 is 0. The van der Waals surface area contributed by atoms with Crippen molar-refractivity contribution in [3.05, 3.63) is 100 Å². The Hall–Kier alpha value is -4.59. The van der Waals surface area contributed by atoms with Gasteiger partial charge in [0, 0.05) is 36.0 Å². The summed E-state index contributed by atoms with van der Waals surface area (Å²) < 4.78 is 10.5. The van der Waals surface area contributed by atoms with Gasteiger partial charge in [-0.25, -0.2) is 4.79 Å². The molecule has 216 valence electrons. The van der Waals surface area contributed by atoms with Crippen molar-refractivity contribution in [3.63, 3.8) is 0 Å². The zero-order valence-electron chi connectivity index (χ0n) is 24.3. The molecule has 4 aromatic rings. The minimum Gasteiger partial charge on any atom is -0.493 e. The third kappa shape index (κ3) is 5.36. The van der Waals surface area contributed by atoms with Crippen LogP contribution in [0.1, 0.15) is 51.2 Å². The molecule has 8 nitrogen and oxygen atoms in total. The predicted octanol–water partition coefficient (Wildman–Crippen LogP) is 6.54. The molecule has 0 fully saturated rings. The van der Waals surface area contributed by atoms with E-state index in [1.165, 1.54) is 0 Å². The standard InChI is InChI=1S/C34H36N4O4/c1-4-5-8-26-20-31(39)38(27-15-16-30-25(19-27)17-18-41-30)33(22(2)3)37(26)21-23-11-13-24(14-12-23)28-9-6-7-10-29(28)32-35-34(40)42-36-32/h6-7,9-16,19-20,22,33H,4-5,8,17-18,21H2,1-3H3,(H,35,36,40)/t33-/m0/s1. The van der Waals surface area contributed by atoms with Crippen molar-refractivity contribution >= 4 is 11.6 Å². The van der Waals surface area contributed by atoms with E-state index in [9.17, 15) is 9.59 Å². The Morgan fingerprint density at radius 1 is 1.02 bits per heavy atom. The van der Waals surface area contributed by atoms with Crippen LogP contribution in [0.5, 0.6) is 5.75 Å². The van der Waals surface area contributed by atoms with E-state index in [4.69, 9.17) is 9.26 Å². The molecule has 0 unspecified atom stereocenters. The smallest absolute Gasteiger partial charge is 0.439 e. The van der Waals surface area contributed by atoms with Crippen molar-refractivity contribution in [2.45, 2.75) is 59.2 Å². The van der Waals surface area contributed by atoms with E-state index in [0.717, 1.165) is 70.6 Å². The number of carbonyl (C=O) groups excluding carboxylic acids is 1. The number of allylic oxidation sites excluding steroid dienone is 1. The van der Waals surface area contributed by atoms with Crippen molar-refractivity contribution in [1.29, 1.82) is 0 Å². The summed E-state index contributed by atoms with van der Waals surface area (Å²) in [6.45, 7) is 7.91. The Morgan fingerprint density at radius 2 is 1.81 bits per heavy atom. The van der Waals surface area contributed by atoms with E-state index in [2.05, 4.69) is 66.1 Å². The summed E-state index contributed by atoms with van der Waals surface area (Å²) in [7, 11) is 0. The molecule has 1 amide bonds. The number of nitrogens with zero attached hydrogens (tertiary/aromatic N) is 3. The zero-order chi connectivity index (χ0) is 29.2. The van der Waals surface area contributed by atoms with Crippen LogP contribution in [0.4, 0.5) is 5.69 Å². The SMILES string of the molecule is CCCCC1=CC(=O)N(c2ccc3c(c2)CCO3)[C@@H](C(C)C)N1Cc1ccc(-c2ccccc2-c2noc(=O)[nH]2)cc1. The molecule has 1 N–H and O–H groups in total. The van der Waals surface area contributed by atoms with Gasteiger partial charge in [-0.15, -0.1) is 0 Å². The van der Waals surface area contributed by atoms with Crippen LogP contribution in [0.2, 0.25) is 0 Å². The first kappa shape index (κ1) is 27.6. The van der Waals surface area contributed by atoms with E-state index in [-0.39, 0.29) is 18.0 Å². The summed E-state index contributed by atoms with van der Waals surface area (Å²) in [6, 6.07) is 22.4. The number of unbranched alkanes of at least 4 members (excludes halogenated alkanes) is 1. The summed E-state index contributed by atoms with van der Waals surface area (Å²) in [4.78, 5) is 32.3. The molecule has 3 heterocycles. The number of carbonyl (C=O) groups is 1. The molecule has 0 radical (unpaired) electrons. The summed E-state index contributed by atoms with van der Waals surface area (Å²) in [5.74, 6) is 0.967. The van der Waals surface area contributed by atoms with Gasteiger partial charge in [-0.3, -0.25) is 19.2 Å². The minimum absolute atomic E-state index is 0.0350. The van der Waals surface area contributed by atoms with Crippen molar-refractivity contribution in [2.24, 2.45) is 5.92 Å². The second-order valence-corrected chi connectivity index (χ2v) is 11.3. The molecule has 1 aromatic heterocycles. The molecule has 2 aliphatic rings. The van der Waals surface area contributed by atoms with Gasteiger partial charge in [-0.2, -0.15) is 0 Å². The lowest BCUT2D eigenvalue weighted by Gasteiger charge is -2.47. The molecular weight excluding hydrogens is 528 g/mol. The Bertz CT molecular complexity index is 1670. The third-order valence-corrected chi connectivity index (χ3v) is 8.05. The minimum atomic E-state index is -0.580. The maximum absolute atomic E-state index is 13.7. The van der Waals surface area contributed by atoms with Crippen molar-refractivity contribution < 1.29 is 14.1 Å². The average Bonchev–Trinajstić information content (AvgIpc) is 3.65. The molecule has 0 saturated heterocycles. The summed E-state index contributed by atoms with van der Waals surface area (Å²) in [5, 5.41) is 3.89. The number of nitrogens with one attached hydrogen (secondary N) is 1. The second kappa shape index (κ2) is 11.7. The molecule has 42 heavy (non-hydrogen) atoms. The summed E-state index contributed by atoms with van der Waals surface area (Å²) in [6.07, 6.45) is 5.52. The first-order valence-corrected chi connectivity index (χ1v) is 14.7. The van der Waals surface area contributed by atoms with Crippen molar-refractivity contribution in [1.82, 2.24) is 15.0 Å². The molecule has 1 atom stereocenters. The first-order valence-electron chi connectivity index (χ1n) is 14.7. The van der Waals surface area contributed by atoms with Gasteiger partial charge in [0.15, 0.2) is 5.82 Å². The number of amides is 1. The number of hydrogen-bond acceptors (Lipinski definition) is 6. The number of aromatic nitrogens is 2. The molecule has 0 spiro atoms. The maximum Gasteiger partial charge on any atom is 0.439 e. The number of ether oxygens (including phenoxy) is 1. The van der Waals surface area contributed by atoms with E-state index >= 15 is 0 Å². The highest BCUT2D eigenvalue weighted by atomic mass is 16.5. The Kier molecular flexibility index (Phi) is 7.69. The van der Waals surface area contributed by atoms with Crippen LogP contribution in [-0.4, -0.2) is 33.7 Å². The summed E-state index contributed by atoms with van der Waals surface area (Å²) in [5.41, 5.74) is 7.06. The van der Waals surface area contributed by atoms with Gasteiger partial charge in [0.2, 0.25) is 0 Å². The van der Waals surface area contributed by atoms with Crippen LogP contribution < -0.4 is 15.4 Å². The van der Waals surface area contributed by atoms with Crippen molar-refractivity contribution in [2.75, 3.05) is 11.5 Å². The van der Waals surface area contributed by atoms with Gasteiger partial charge in [0.25, 0.3) is 5.91 Å². The lowest BCUT2D eigenvalue weighted by atomic mass is 9.97. The molecule has 0 aliphatic carbocycles. The molecule has 0 bridgehead atoms. The van der Waals surface area contributed by atoms with Crippen LogP contribution in [0.3, 0.4) is 0 Å². The lowest BCUT2D eigenvalue weighted by Crippen LogP contribution is -2.56. The molecule has 6 rings (SSSR count). The van der Waals surface area contributed by atoms with Gasteiger partial charge < -0.3 is 9.64 Å². The highest BCUT2D eigenvalue weighted by molar-refractivity contribution is 6.03. The lowest BCUT2D eigenvalue weighted by molar-refractivity contribution is -0.116. The normalized spacial score (nSPS) is 16.5. The highest BCUT2D eigenvalue weighted by Crippen LogP contribution is 2.37. The van der Waals surface area contributed by atoms with Gasteiger partial charge >= 0.3 is 5.76 Å². The molecular formula is C34H36N4O4. The van der Waals surface area contributed by atoms with Gasteiger partial charge in [-0.05, 0) is 59.2 Å². The number of anilines is 1. The van der Waals surface area contributed by atoms with Crippen LogP contribution in [0.15, 0.2) is 87.8 Å². The number of hydrogen-bond donors (Lipinski definition) is 1. The number of benzene rings is 3. The van der Waals surface area contributed by atoms with Gasteiger partial charge in [-0.1, -0.05) is 80.9 Å². The number of rotatable bonds is 9. The molecule has 2 aliphatic heterocycles. The van der Waals surface area contributed by atoms with Crippen LogP contribution in [0, 0.1) is 5.92 Å². The Morgan fingerprint density at radius 3 is 2.52 bits per heavy atom. The Balaban J connectivity index is 1.33. The van der Waals surface area contributed by atoms with E-state index in [1.54, 1.807) is 0 Å². The van der Waals surface area contributed by atoms with E-state index in [0.29, 0.717) is 19.0 Å². The first-order chi connectivity index (χ1) is 20.4. The maximum atomic E-state index is 13.7. The average molecular weight is 565 g/mol. The van der Waals surface area contributed by atoms with Gasteiger partial charge in [0.1, 0.15) is 11.9 Å². The Labute approximate surface area is 245 Å². The fourth-order valence-electron chi connectivity index (χ4n) is 6.04. The largest absolute Gasteiger partial charge is 0.493 e. The van der Waals surface area contributed by atoms with Crippen molar-refractivity contribution in [3.8, 4) is 28.3 Å². The molecule has 3 aromatic carbocycles. The zero-order valence-corrected chi connectivity index (χ0v) is 24.3. The fourth-order valence-corrected chi connectivity index (χ4v) is 6.04. The monoisotopic (exact) mass is 564 g/mol. The quantitative estimate of drug-likeness (QED) is 0.248. The molecule has 0 saturated carbocycles. The fraction of sp³-hybridized carbons (Fsp3) is 0.324. The highest BCUT2D eigenvalue weighted by Gasteiger charge is 2.37.